The Kier molecular flexibility index (Phi) is 7.22. The molecule has 1 aromatic carbocycles. The molecule has 0 atom stereocenters. The van der Waals surface area contributed by atoms with Crippen LogP contribution in [-0.2, 0) is 11.3 Å². The number of aliphatic hydroxyl groups is 1. The zero-order valence-electron chi connectivity index (χ0n) is 10.6. The Balaban J connectivity index is 2.47. The fourth-order valence-electron chi connectivity index (χ4n) is 1.36. The Morgan fingerprint density at radius 2 is 1.78 bits per heavy atom. The van der Waals surface area contributed by atoms with E-state index < -0.39 is 0 Å². The van der Waals surface area contributed by atoms with Crippen molar-refractivity contribution in [3.63, 3.8) is 0 Å². The van der Waals surface area contributed by atoms with E-state index in [1.807, 2.05) is 12.1 Å². The monoisotopic (exact) mass is 380 g/mol. The van der Waals surface area contributed by atoms with Crippen LogP contribution in [0, 0.1) is 5.92 Å². The summed E-state index contributed by atoms with van der Waals surface area (Å²) in [6, 6.07) is 3.68. The Hall–Kier alpha value is -0.100. The van der Waals surface area contributed by atoms with Gasteiger partial charge in [0.25, 0.3) is 0 Å². The van der Waals surface area contributed by atoms with Crippen LogP contribution in [0.5, 0.6) is 5.75 Å². The molecule has 0 spiro atoms. The largest absolute Gasteiger partial charge is 0.489 e. The van der Waals surface area contributed by atoms with Crippen LogP contribution in [0.25, 0.3) is 0 Å². The lowest BCUT2D eigenvalue weighted by molar-refractivity contribution is 0.0815. The standard InChI is InChI=1S/C13H18Br2O3/c1-9(2)8-17-3-4-18-13-11(14)5-10(7-16)6-12(13)15/h5-6,9,16H,3-4,7-8H2,1-2H3. The molecule has 0 radical (unpaired) electrons. The van der Waals surface area contributed by atoms with Crippen molar-refractivity contribution < 1.29 is 14.6 Å². The van der Waals surface area contributed by atoms with Crippen molar-refractivity contribution in [2.75, 3.05) is 19.8 Å². The van der Waals surface area contributed by atoms with Gasteiger partial charge in [0.15, 0.2) is 0 Å². The van der Waals surface area contributed by atoms with E-state index in [0.717, 1.165) is 26.9 Å². The van der Waals surface area contributed by atoms with E-state index in [2.05, 4.69) is 45.7 Å². The van der Waals surface area contributed by atoms with Crippen molar-refractivity contribution in [3.8, 4) is 5.75 Å². The zero-order valence-corrected chi connectivity index (χ0v) is 13.8. The summed E-state index contributed by atoms with van der Waals surface area (Å²) in [5, 5.41) is 9.07. The van der Waals surface area contributed by atoms with Crippen molar-refractivity contribution in [1.82, 2.24) is 0 Å². The highest BCUT2D eigenvalue weighted by atomic mass is 79.9. The second-order valence-electron chi connectivity index (χ2n) is 4.36. The predicted molar refractivity (Wildman–Crippen MR) is 78.9 cm³/mol. The minimum Gasteiger partial charge on any atom is -0.489 e. The number of rotatable bonds is 7. The molecule has 1 rings (SSSR count). The van der Waals surface area contributed by atoms with Crippen LogP contribution in [0.3, 0.4) is 0 Å². The highest BCUT2D eigenvalue weighted by molar-refractivity contribution is 9.11. The molecule has 0 aromatic heterocycles. The first-order chi connectivity index (χ1) is 8.54. The third kappa shape index (κ3) is 5.26. The Labute approximate surface area is 125 Å². The minimum atomic E-state index is 0.00891. The topological polar surface area (TPSA) is 38.7 Å². The lowest BCUT2D eigenvalue weighted by Gasteiger charge is -2.12. The maximum Gasteiger partial charge on any atom is 0.147 e. The van der Waals surface area contributed by atoms with Gasteiger partial charge in [0, 0.05) is 6.61 Å². The van der Waals surface area contributed by atoms with Gasteiger partial charge >= 0.3 is 0 Å². The number of benzene rings is 1. The predicted octanol–water partition coefficient (Wildman–Crippen LogP) is 3.76. The van der Waals surface area contributed by atoms with E-state index in [9.17, 15) is 0 Å². The SMILES string of the molecule is CC(C)COCCOc1c(Br)cc(CO)cc1Br. The average molecular weight is 382 g/mol. The third-order valence-electron chi connectivity index (χ3n) is 2.17. The van der Waals surface area contributed by atoms with Gasteiger partial charge in [0.2, 0.25) is 0 Å². The number of ether oxygens (including phenoxy) is 2. The number of halogens is 2. The van der Waals surface area contributed by atoms with E-state index in [4.69, 9.17) is 14.6 Å². The molecular weight excluding hydrogens is 364 g/mol. The molecule has 18 heavy (non-hydrogen) atoms. The highest BCUT2D eigenvalue weighted by Crippen LogP contribution is 2.34. The molecule has 1 aromatic rings. The molecule has 0 saturated carbocycles. The smallest absolute Gasteiger partial charge is 0.147 e. The van der Waals surface area contributed by atoms with Gasteiger partial charge in [-0.1, -0.05) is 13.8 Å². The molecule has 1 N–H and O–H groups in total. The zero-order chi connectivity index (χ0) is 13.5. The fraction of sp³-hybridized carbons (Fsp3) is 0.538. The molecule has 0 fully saturated rings. The number of hydrogen-bond donors (Lipinski definition) is 1. The molecule has 0 saturated heterocycles. The van der Waals surface area contributed by atoms with E-state index in [1.165, 1.54) is 0 Å². The van der Waals surface area contributed by atoms with Gasteiger partial charge in [0.05, 0.1) is 22.2 Å². The average Bonchev–Trinajstić information content (AvgIpc) is 2.31. The van der Waals surface area contributed by atoms with Crippen molar-refractivity contribution in [2.24, 2.45) is 5.92 Å². The van der Waals surface area contributed by atoms with Crippen LogP contribution in [0.1, 0.15) is 19.4 Å². The number of aliphatic hydroxyl groups excluding tert-OH is 1. The van der Waals surface area contributed by atoms with E-state index in [-0.39, 0.29) is 6.61 Å². The molecule has 0 aliphatic heterocycles. The van der Waals surface area contributed by atoms with Crippen molar-refractivity contribution in [1.29, 1.82) is 0 Å². The number of hydrogen-bond acceptors (Lipinski definition) is 3. The molecule has 3 nitrogen and oxygen atoms in total. The van der Waals surface area contributed by atoms with Gasteiger partial charge in [-0.15, -0.1) is 0 Å². The molecule has 0 aliphatic rings. The summed E-state index contributed by atoms with van der Waals surface area (Å²) in [6.45, 7) is 6.05. The normalized spacial score (nSPS) is 11.0. The minimum absolute atomic E-state index is 0.00891. The summed E-state index contributed by atoms with van der Waals surface area (Å²) in [5.41, 5.74) is 0.831. The van der Waals surface area contributed by atoms with Gasteiger partial charge in [-0.25, -0.2) is 0 Å². The summed E-state index contributed by atoms with van der Waals surface area (Å²) < 4.78 is 12.7. The van der Waals surface area contributed by atoms with Crippen molar-refractivity contribution >= 4 is 31.9 Å². The summed E-state index contributed by atoms with van der Waals surface area (Å²) in [5.74, 6) is 1.27. The maximum atomic E-state index is 9.07. The lowest BCUT2D eigenvalue weighted by Crippen LogP contribution is -2.10. The Bertz CT molecular complexity index is 357. The molecule has 0 amide bonds. The summed E-state index contributed by atoms with van der Waals surface area (Å²) in [7, 11) is 0. The molecule has 0 heterocycles. The summed E-state index contributed by atoms with van der Waals surface area (Å²) in [6.07, 6.45) is 0. The summed E-state index contributed by atoms with van der Waals surface area (Å²) in [4.78, 5) is 0. The fourth-order valence-corrected chi connectivity index (χ4v) is 2.87. The maximum absolute atomic E-state index is 9.07. The van der Waals surface area contributed by atoms with E-state index in [0.29, 0.717) is 19.1 Å². The van der Waals surface area contributed by atoms with Crippen LogP contribution in [-0.4, -0.2) is 24.9 Å². The van der Waals surface area contributed by atoms with Crippen LogP contribution in [0.4, 0.5) is 0 Å². The first-order valence-corrected chi connectivity index (χ1v) is 7.42. The van der Waals surface area contributed by atoms with Crippen molar-refractivity contribution in [2.45, 2.75) is 20.5 Å². The highest BCUT2D eigenvalue weighted by Gasteiger charge is 2.08. The van der Waals surface area contributed by atoms with Crippen LogP contribution in [0.2, 0.25) is 0 Å². The van der Waals surface area contributed by atoms with Gasteiger partial charge in [-0.3, -0.25) is 0 Å². The molecule has 0 aliphatic carbocycles. The van der Waals surface area contributed by atoms with Gasteiger partial charge < -0.3 is 14.6 Å². The molecular formula is C13H18Br2O3. The lowest BCUT2D eigenvalue weighted by atomic mass is 10.2. The molecule has 102 valence electrons. The molecule has 0 unspecified atom stereocenters. The van der Waals surface area contributed by atoms with Crippen LogP contribution < -0.4 is 4.74 Å². The van der Waals surface area contributed by atoms with Crippen LogP contribution >= 0.6 is 31.9 Å². The Morgan fingerprint density at radius 3 is 2.28 bits per heavy atom. The van der Waals surface area contributed by atoms with Crippen molar-refractivity contribution in [3.05, 3.63) is 26.6 Å². The first-order valence-electron chi connectivity index (χ1n) is 5.84. The first kappa shape index (κ1) is 16.0. The molecule has 5 heteroatoms. The van der Waals surface area contributed by atoms with Gasteiger partial charge in [-0.05, 0) is 55.5 Å². The van der Waals surface area contributed by atoms with E-state index >= 15 is 0 Å². The van der Waals surface area contributed by atoms with Gasteiger partial charge in [0.1, 0.15) is 12.4 Å². The van der Waals surface area contributed by atoms with Gasteiger partial charge in [-0.2, -0.15) is 0 Å². The van der Waals surface area contributed by atoms with Crippen LogP contribution in [0.15, 0.2) is 21.1 Å². The molecule has 0 bridgehead atoms. The Morgan fingerprint density at radius 1 is 1.17 bits per heavy atom. The summed E-state index contributed by atoms with van der Waals surface area (Å²) >= 11 is 6.85. The second-order valence-corrected chi connectivity index (χ2v) is 6.07. The third-order valence-corrected chi connectivity index (χ3v) is 3.34. The second kappa shape index (κ2) is 8.15. The van der Waals surface area contributed by atoms with E-state index in [1.54, 1.807) is 0 Å². The quantitative estimate of drug-likeness (QED) is 0.731.